The van der Waals surface area contributed by atoms with E-state index in [1.165, 1.54) is 43.5 Å². The van der Waals surface area contributed by atoms with Crippen molar-refractivity contribution in [3.63, 3.8) is 0 Å². The third-order valence-electron chi connectivity index (χ3n) is 5.91. The summed E-state index contributed by atoms with van der Waals surface area (Å²) in [5.74, 6) is 1.06. The molecule has 1 aromatic rings. The normalized spacial score (nSPS) is 21.4. The van der Waals surface area contributed by atoms with Crippen LogP contribution in [-0.4, -0.2) is 44.1 Å². The summed E-state index contributed by atoms with van der Waals surface area (Å²) in [7, 11) is 1.90. The van der Waals surface area contributed by atoms with Crippen molar-refractivity contribution >= 4 is 35.6 Å². The van der Waals surface area contributed by atoms with Gasteiger partial charge >= 0.3 is 0 Å². The number of hydrogen-bond donors (Lipinski definition) is 1. The standard InChI is InChI=1S/C20H28N4.HI/c1-21-19(24-13-10-20(16-24)8-5-9-20)22-15-17-6-4-7-18(14-17)23-11-2-3-12-23;/h2-4,6-7,14H,5,8-13,15-16H2,1H3,(H,21,22);1H. The average molecular weight is 452 g/mol. The number of rotatable bonds is 3. The summed E-state index contributed by atoms with van der Waals surface area (Å²) in [4.78, 5) is 9.36. The number of guanidine groups is 1. The number of aliphatic imine (C=N–C) groups is 1. The van der Waals surface area contributed by atoms with Crippen LogP contribution in [0.1, 0.15) is 31.2 Å². The lowest BCUT2D eigenvalue weighted by Crippen LogP contribution is -2.42. The van der Waals surface area contributed by atoms with E-state index in [4.69, 9.17) is 0 Å². The van der Waals surface area contributed by atoms with Crippen LogP contribution in [0.25, 0.3) is 0 Å². The van der Waals surface area contributed by atoms with Crippen LogP contribution in [0.15, 0.2) is 41.4 Å². The van der Waals surface area contributed by atoms with E-state index in [2.05, 4.69) is 56.5 Å². The molecule has 0 unspecified atom stereocenters. The highest BCUT2D eigenvalue weighted by molar-refractivity contribution is 14.0. The molecule has 1 N–H and O–H groups in total. The monoisotopic (exact) mass is 452 g/mol. The first-order valence-electron chi connectivity index (χ1n) is 9.23. The molecule has 0 atom stereocenters. The SMILES string of the molecule is CN=C(NCc1cccc(N2CC=CC2)c1)N1CCC2(CCC2)C1.I. The lowest BCUT2D eigenvalue weighted by atomic mass is 9.68. The van der Waals surface area contributed by atoms with E-state index in [0.717, 1.165) is 32.1 Å². The van der Waals surface area contributed by atoms with Crippen molar-refractivity contribution in [2.75, 3.05) is 38.1 Å². The quantitative estimate of drug-likeness (QED) is 0.329. The summed E-state index contributed by atoms with van der Waals surface area (Å²) < 4.78 is 0. The first kappa shape index (κ1) is 18.5. The van der Waals surface area contributed by atoms with Crippen LogP contribution in [0.4, 0.5) is 5.69 Å². The molecule has 1 aliphatic carbocycles. The largest absolute Gasteiger partial charge is 0.364 e. The van der Waals surface area contributed by atoms with E-state index in [1.54, 1.807) is 0 Å². The minimum Gasteiger partial charge on any atom is -0.364 e. The summed E-state index contributed by atoms with van der Waals surface area (Å²) in [5, 5.41) is 3.57. The van der Waals surface area contributed by atoms with Gasteiger partial charge in [-0.15, -0.1) is 24.0 Å². The van der Waals surface area contributed by atoms with Gasteiger partial charge in [-0.3, -0.25) is 4.99 Å². The van der Waals surface area contributed by atoms with Crippen molar-refractivity contribution in [3.05, 3.63) is 42.0 Å². The van der Waals surface area contributed by atoms with Gasteiger partial charge < -0.3 is 15.1 Å². The van der Waals surface area contributed by atoms with Gasteiger partial charge in [0.2, 0.25) is 0 Å². The van der Waals surface area contributed by atoms with Crippen LogP contribution in [0.3, 0.4) is 0 Å². The Hall–Kier alpha value is -1.24. The maximum Gasteiger partial charge on any atom is 0.193 e. The molecule has 2 fully saturated rings. The van der Waals surface area contributed by atoms with Crippen LogP contribution in [0.5, 0.6) is 0 Å². The molecule has 4 nitrogen and oxygen atoms in total. The second-order valence-corrected chi connectivity index (χ2v) is 7.47. The highest BCUT2D eigenvalue weighted by atomic mass is 127. The highest BCUT2D eigenvalue weighted by Crippen LogP contribution is 2.47. The van der Waals surface area contributed by atoms with Crippen molar-refractivity contribution in [2.24, 2.45) is 10.4 Å². The van der Waals surface area contributed by atoms with Gasteiger partial charge in [0, 0.05) is 45.5 Å². The van der Waals surface area contributed by atoms with Crippen molar-refractivity contribution in [3.8, 4) is 0 Å². The molecule has 3 aliphatic rings. The van der Waals surface area contributed by atoms with Gasteiger partial charge in [-0.05, 0) is 42.4 Å². The molecule has 2 aliphatic heterocycles. The second kappa shape index (κ2) is 7.98. The molecule has 0 amide bonds. The maximum atomic E-state index is 4.52. The fourth-order valence-electron chi connectivity index (χ4n) is 4.27. The molecule has 2 heterocycles. The van der Waals surface area contributed by atoms with Gasteiger partial charge in [-0.1, -0.05) is 30.7 Å². The Morgan fingerprint density at radius 1 is 1.20 bits per heavy atom. The molecule has 1 saturated carbocycles. The van der Waals surface area contributed by atoms with E-state index in [-0.39, 0.29) is 24.0 Å². The predicted octanol–water partition coefficient (Wildman–Crippen LogP) is 3.63. The van der Waals surface area contributed by atoms with E-state index >= 15 is 0 Å². The molecule has 5 heteroatoms. The molecule has 4 rings (SSSR count). The average Bonchev–Trinajstić information content (AvgIpc) is 3.25. The maximum absolute atomic E-state index is 4.52. The molecule has 1 aromatic carbocycles. The van der Waals surface area contributed by atoms with E-state index in [1.807, 2.05) is 7.05 Å². The lowest BCUT2D eigenvalue weighted by Gasteiger charge is -2.38. The van der Waals surface area contributed by atoms with Crippen LogP contribution in [-0.2, 0) is 6.54 Å². The summed E-state index contributed by atoms with van der Waals surface area (Å²) in [5.41, 5.74) is 3.24. The topological polar surface area (TPSA) is 30.9 Å². The highest BCUT2D eigenvalue weighted by Gasteiger charge is 2.43. The first-order chi connectivity index (χ1) is 11.8. The smallest absolute Gasteiger partial charge is 0.193 e. The number of nitrogens with zero attached hydrogens (tertiary/aromatic N) is 3. The van der Waals surface area contributed by atoms with Crippen molar-refractivity contribution < 1.29 is 0 Å². The van der Waals surface area contributed by atoms with Gasteiger partial charge in [-0.2, -0.15) is 0 Å². The molecule has 1 saturated heterocycles. The van der Waals surface area contributed by atoms with Crippen molar-refractivity contribution in [1.29, 1.82) is 0 Å². The van der Waals surface area contributed by atoms with Crippen LogP contribution >= 0.6 is 24.0 Å². The molecular weight excluding hydrogens is 423 g/mol. The summed E-state index contributed by atoms with van der Waals surface area (Å²) >= 11 is 0. The van der Waals surface area contributed by atoms with Crippen LogP contribution < -0.4 is 10.2 Å². The van der Waals surface area contributed by atoms with Gasteiger partial charge in [0.15, 0.2) is 5.96 Å². The number of likely N-dealkylation sites (tertiary alicyclic amines) is 1. The van der Waals surface area contributed by atoms with Crippen molar-refractivity contribution in [2.45, 2.75) is 32.2 Å². The van der Waals surface area contributed by atoms with Gasteiger partial charge in [0.05, 0.1) is 0 Å². The van der Waals surface area contributed by atoms with Gasteiger partial charge in [0.1, 0.15) is 0 Å². The second-order valence-electron chi connectivity index (χ2n) is 7.47. The lowest BCUT2D eigenvalue weighted by molar-refractivity contribution is 0.151. The molecule has 0 bridgehead atoms. The zero-order valence-electron chi connectivity index (χ0n) is 15.1. The minimum atomic E-state index is 0. The zero-order valence-corrected chi connectivity index (χ0v) is 17.4. The molecular formula is C20H29IN4. The van der Waals surface area contributed by atoms with Gasteiger partial charge in [-0.25, -0.2) is 0 Å². The minimum absolute atomic E-state index is 0. The van der Waals surface area contributed by atoms with Crippen LogP contribution in [0, 0.1) is 5.41 Å². The van der Waals surface area contributed by atoms with E-state index in [0.29, 0.717) is 5.41 Å². The van der Waals surface area contributed by atoms with E-state index < -0.39 is 0 Å². The first-order valence-corrected chi connectivity index (χ1v) is 9.23. The number of hydrogen-bond acceptors (Lipinski definition) is 2. The van der Waals surface area contributed by atoms with E-state index in [9.17, 15) is 0 Å². The Balaban J connectivity index is 0.00000182. The Morgan fingerprint density at radius 3 is 2.64 bits per heavy atom. The summed E-state index contributed by atoms with van der Waals surface area (Å²) in [6, 6.07) is 8.86. The fraction of sp³-hybridized carbons (Fsp3) is 0.550. The fourth-order valence-corrected chi connectivity index (χ4v) is 4.27. The molecule has 1 spiro atoms. The Labute approximate surface area is 168 Å². The zero-order chi connectivity index (χ0) is 16.4. The van der Waals surface area contributed by atoms with Crippen molar-refractivity contribution in [1.82, 2.24) is 10.2 Å². The predicted molar refractivity (Wildman–Crippen MR) is 116 cm³/mol. The Kier molecular flexibility index (Phi) is 5.92. The number of nitrogens with one attached hydrogen (secondary N) is 1. The third-order valence-corrected chi connectivity index (χ3v) is 5.91. The number of anilines is 1. The number of benzene rings is 1. The third kappa shape index (κ3) is 3.96. The Bertz CT molecular complexity index is 643. The molecule has 0 radical (unpaired) electrons. The molecule has 0 aromatic heterocycles. The molecule has 136 valence electrons. The van der Waals surface area contributed by atoms with Crippen LogP contribution in [0.2, 0.25) is 0 Å². The molecule has 25 heavy (non-hydrogen) atoms. The summed E-state index contributed by atoms with van der Waals surface area (Å²) in [6.45, 7) is 5.22. The Morgan fingerprint density at radius 2 is 2.00 bits per heavy atom. The summed E-state index contributed by atoms with van der Waals surface area (Å²) in [6.07, 6.45) is 10.0. The van der Waals surface area contributed by atoms with Gasteiger partial charge in [0.25, 0.3) is 0 Å². The number of halogens is 1.